The SMILES string of the molecule is CNC(=O)c1ccc(Cl)c(C(C)N(C(=O)[C@H]2CN(C(=O)OC(C)(C)C)CC[C@@H]2c2ccc(N3CC[C@H](Oc4c(Cl)cc(C)cc4Cl)C3)nc2)C2CC2)c1. The van der Waals surface area contributed by atoms with E-state index in [4.69, 9.17) is 49.3 Å². The summed E-state index contributed by atoms with van der Waals surface area (Å²) in [5.41, 5.74) is 2.40. The number of nitrogens with zero attached hydrogens (tertiary/aromatic N) is 4. The topological polar surface area (TPSA) is 104 Å². The number of rotatable bonds is 9. The second-order valence-corrected chi connectivity index (χ2v) is 16.6. The summed E-state index contributed by atoms with van der Waals surface area (Å²) in [6.45, 7) is 11.4. The molecule has 1 aromatic heterocycles. The van der Waals surface area contributed by atoms with E-state index in [2.05, 4.69) is 10.2 Å². The molecule has 1 N–H and O–H groups in total. The first-order valence-corrected chi connectivity index (χ1v) is 19.4. The lowest BCUT2D eigenvalue weighted by atomic mass is 9.79. The van der Waals surface area contributed by atoms with Crippen molar-refractivity contribution in [1.82, 2.24) is 20.1 Å². The van der Waals surface area contributed by atoms with Crippen molar-refractivity contribution in [3.05, 3.63) is 86.0 Å². The zero-order valence-corrected chi connectivity index (χ0v) is 33.4. The summed E-state index contributed by atoms with van der Waals surface area (Å²) in [5, 5.41) is 4.14. The number of amides is 3. The van der Waals surface area contributed by atoms with Gasteiger partial charge in [0.25, 0.3) is 5.91 Å². The van der Waals surface area contributed by atoms with Crippen LogP contribution in [0.4, 0.5) is 10.6 Å². The van der Waals surface area contributed by atoms with Gasteiger partial charge in [0.1, 0.15) is 17.5 Å². The normalized spacial score (nSPS) is 20.9. The largest absolute Gasteiger partial charge is 0.485 e. The van der Waals surface area contributed by atoms with Gasteiger partial charge in [-0.25, -0.2) is 9.78 Å². The van der Waals surface area contributed by atoms with Crippen LogP contribution in [0.1, 0.15) is 92.4 Å². The minimum absolute atomic E-state index is 0.0327. The summed E-state index contributed by atoms with van der Waals surface area (Å²) in [7, 11) is 1.58. The van der Waals surface area contributed by atoms with Gasteiger partial charge >= 0.3 is 6.09 Å². The fourth-order valence-electron chi connectivity index (χ4n) is 7.43. The lowest BCUT2D eigenvalue weighted by Gasteiger charge is -2.42. The molecule has 0 radical (unpaired) electrons. The summed E-state index contributed by atoms with van der Waals surface area (Å²) in [6.07, 6.45) is 4.41. The van der Waals surface area contributed by atoms with Crippen molar-refractivity contribution < 1.29 is 23.9 Å². The van der Waals surface area contributed by atoms with Crippen LogP contribution in [0.5, 0.6) is 5.75 Å². The van der Waals surface area contributed by atoms with Gasteiger partial charge in [-0.3, -0.25) is 9.59 Å². The molecule has 3 aliphatic rings. The Labute approximate surface area is 327 Å². The summed E-state index contributed by atoms with van der Waals surface area (Å²) in [6, 6.07) is 12.5. The molecule has 53 heavy (non-hydrogen) atoms. The maximum Gasteiger partial charge on any atom is 0.410 e. The minimum Gasteiger partial charge on any atom is -0.485 e. The molecule has 2 aliphatic heterocycles. The van der Waals surface area contributed by atoms with Gasteiger partial charge in [-0.2, -0.15) is 0 Å². The number of hydrogen-bond acceptors (Lipinski definition) is 7. The fraction of sp³-hybridized carbons (Fsp3) is 0.500. The van der Waals surface area contributed by atoms with E-state index < -0.39 is 23.7 Å². The smallest absolute Gasteiger partial charge is 0.410 e. The molecule has 0 bridgehead atoms. The predicted octanol–water partition coefficient (Wildman–Crippen LogP) is 8.46. The molecule has 2 aromatic carbocycles. The van der Waals surface area contributed by atoms with Crippen LogP contribution in [-0.2, 0) is 9.53 Å². The van der Waals surface area contributed by atoms with E-state index in [0.717, 1.165) is 42.8 Å². The third kappa shape index (κ3) is 8.98. The highest BCUT2D eigenvalue weighted by molar-refractivity contribution is 6.37. The molecule has 1 saturated carbocycles. The maximum atomic E-state index is 14.9. The van der Waals surface area contributed by atoms with Crippen LogP contribution in [0, 0.1) is 12.8 Å². The number of piperidine rings is 1. The Hall–Kier alpha value is -3.73. The van der Waals surface area contributed by atoms with Gasteiger partial charge in [-0.15, -0.1) is 0 Å². The Morgan fingerprint density at radius 2 is 1.66 bits per heavy atom. The van der Waals surface area contributed by atoms with Crippen molar-refractivity contribution in [2.45, 2.75) is 90.0 Å². The summed E-state index contributed by atoms with van der Waals surface area (Å²) in [4.78, 5) is 51.4. The van der Waals surface area contributed by atoms with Crippen molar-refractivity contribution in [3.8, 4) is 5.75 Å². The number of nitrogens with one attached hydrogen (secondary N) is 1. The average molecular weight is 785 g/mol. The van der Waals surface area contributed by atoms with E-state index in [1.54, 1.807) is 30.1 Å². The molecule has 1 unspecified atom stereocenters. The summed E-state index contributed by atoms with van der Waals surface area (Å²) >= 11 is 19.6. The molecular weight excluding hydrogens is 737 g/mol. The third-order valence-corrected chi connectivity index (χ3v) is 11.1. The Bertz CT molecular complexity index is 1820. The van der Waals surface area contributed by atoms with E-state index >= 15 is 0 Å². The first-order valence-electron chi connectivity index (χ1n) is 18.3. The molecule has 6 rings (SSSR count). The van der Waals surface area contributed by atoms with E-state index in [0.29, 0.717) is 51.5 Å². The standard InChI is InChI=1S/C40H48Cl3N5O5/c1-23-17-33(42)36(34(43)18-23)52-28-13-15-46(21-28)35-12-8-26(20-45-35)29-14-16-47(39(51)53-40(3,4)5)22-31(29)38(50)48(27-9-10-27)24(2)30-19-25(37(49)44-6)7-11-32(30)41/h7-8,11-12,17-20,24,27-29,31H,9-10,13-16,21-22H2,1-6H3,(H,44,49)/t24?,28-,29+,31-/m0/s1. The number of pyridine rings is 1. The van der Waals surface area contributed by atoms with Crippen LogP contribution < -0.4 is 15.0 Å². The number of aromatic nitrogens is 1. The molecule has 3 heterocycles. The van der Waals surface area contributed by atoms with Crippen molar-refractivity contribution in [2.24, 2.45) is 5.92 Å². The Kier molecular flexibility index (Phi) is 11.7. The van der Waals surface area contributed by atoms with Crippen molar-refractivity contribution in [1.29, 1.82) is 0 Å². The zero-order chi connectivity index (χ0) is 38.2. The first-order chi connectivity index (χ1) is 25.1. The molecule has 2 saturated heterocycles. The number of carbonyl (C=O) groups excluding carboxylic acids is 3. The average Bonchev–Trinajstić information content (AvgIpc) is 3.84. The van der Waals surface area contributed by atoms with Gasteiger partial charge in [0, 0.05) is 61.8 Å². The molecule has 284 valence electrons. The van der Waals surface area contributed by atoms with Crippen LogP contribution in [0.2, 0.25) is 15.1 Å². The van der Waals surface area contributed by atoms with Gasteiger partial charge in [0.15, 0.2) is 5.75 Å². The van der Waals surface area contributed by atoms with Crippen LogP contribution in [0.3, 0.4) is 0 Å². The molecule has 10 nitrogen and oxygen atoms in total. The Morgan fingerprint density at radius 3 is 2.28 bits per heavy atom. The van der Waals surface area contributed by atoms with Gasteiger partial charge in [-0.05, 0) is 107 Å². The molecule has 3 amide bonds. The van der Waals surface area contributed by atoms with E-state index in [9.17, 15) is 14.4 Å². The van der Waals surface area contributed by atoms with Crippen LogP contribution in [0.15, 0.2) is 48.7 Å². The first kappa shape index (κ1) is 39.0. The maximum absolute atomic E-state index is 14.9. The molecule has 0 spiro atoms. The molecule has 4 atom stereocenters. The Balaban J connectivity index is 1.24. The minimum atomic E-state index is -0.674. The number of aryl methyl sites for hydroxylation is 1. The highest BCUT2D eigenvalue weighted by Crippen LogP contribution is 2.43. The quantitative estimate of drug-likeness (QED) is 0.232. The van der Waals surface area contributed by atoms with Gasteiger partial charge < -0.3 is 29.5 Å². The highest BCUT2D eigenvalue weighted by atomic mass is 35.5. The third-order valence-electron chi connectivity index (χ3n) is 10.2. The Morgan fingerprint density at radius 1 is 0.943 bits per heavy atom. The van der Waals surface area contributed by atoms with Crippen molar-refractivity contribution in [3.63, 3.8) is 0 Å². The number of hydrogen-bond donors (Lipinski definition) is 1. The number of halogens is 3. The second-order valence-electron chi connectivity index (χ2n) is 15.4. The van der Waals surface area contributed by atoms with Gasteiger partial charge in [0.2, 0.25) is 5.91 Å². The predicted molar refractivity (Wildman–Crippen MR) is 208 cm³/mol. The second kappa shape index (κ2) is 15.9. The molecular formula is C40H48Cl3N5O5. The summed E-state index contributed by atoms with van der Waals surface area (Å²) in [5.74, 6) is 0.280. The van der Waals surface area contributed by atoms with Gasteiger partial charge in [-0.1, -0.05) is 40.9 Å². The van der Waals surface area contributed by atoms with Crippen molar-refractivity contribution in [2.75, 3.05) is 38.1 Å². The monoisotopic (exact) mass is 783 g/mol. The molecule has 3 fully saturated rings. The number of likely N-dealkylation sites (tertiary alicyclic amines) is 1. The zero-order valence-electron chi connectivity index (χ0n) is 31.1. The van der Waals surface area contributed by atoms with E-state index in [-0.39, 0.29) is 36.4 Å². The summed E-state index contributed by atoms with van der Waals surface area (Å²) < 4.78 is 12.0. The number of carbonyl (C=O) groups is 3. The molecule has 13 heteroatoms. The van der Waals surface area contributed by atoms with Crippen LogP contribution in [0.25, 0.3) is 0 Å². The number of benzene rings is 2. The lowest BCUT2D eigenvalue weighted by Crippen LogP contribution is -2.51. The van der Waals surface area contributed by atoms with E-state index in [1.165, 1.54) is 0 Å². The highest BCUT2D eigenvalue weighted by Gasteiger charge is 2.45. The number of anilines is 1. The van der Waals surface area contributed by atoms with Gasteiger partial charge in [0.05, 0.1) is 28.5 Å². The van der Waals surface area contributed by atoms with Crippen molar-refractivity contribution >= 4 is 58.5 Å². The van der Waals surface area contributed by atoms with Crippen LogP contribution >= 0.6 is 34.8 Å². The van der Waals surface area contributed by atoms with E-state index in [1.807, 2.05) is 70.0 Å². The lowest BCUT2D eigenvalue weighted by molar-refractivity contribution is -0.141. The van der Waals surface area contributed by atoms with Crippen LogP contribution in [-0.4, -0.2) is 83.7 Å². The molecule has 1 aliphatic carbocycles. The number of ether oxygens (including phenoxy) is 2. The molecule has 3 aromatic rings. The fourth-order valence-corrected chi connectivity index (χ4v) is 8.39.